The minimum atomic E-state index is -1.02. The Kier molecular flexibility index (Phi) is 6.99. The van der Waals surface area contributed by atoms with Crippen molar-refractivity contribution < 1.29 is 18.3 Å². The number of hydrogen-bond acceptors (Lipinski definition) is 7. The largest absolute Gasteiger partial charge is 0.497 e. The van der Waals surface area contributed by atoms with E-state index in [-0.39, 0.29) is 23.6 Å². The van der Waals surface area contributed by atoms with E-state index in [0.29, 0.717) is 17.8 Å². The van der Waals surface area contributed by atoms with Gasteiger partial charge in [-0.3, -0.25) is 9.69 Å². The van der Waals surface area contributed by atoms with Crippen molar-refractivity contribution in [2.45, 2.75) is 12.7 Å². The lowest BCUT2D eigenvalue weighted by atomic mass is 10.00. The first-order chi connectivity index (χ1) is 20.0. The number of rotatable bonds is 7. The average molecular weight is 548 g/mol. The van der Waals surface area contributed by atoms with Gasteiger partial charge in [-0.2, -0.15) is 0 Å². The summed E-state index contributed by atoms with van der Waals surface area (Å²) < 4.78 is 24.7. The van der Waals surface area contributed by atoms with E-state index in [1.54, 1.807) is 36.1 Å². The number of carbonyl (C=O) groups is 1. The Bertz CT molecular complexity index is 1700. The highest BCUT2D eigenvalue weighted by Crippen LogP contribution is 2.32. The molecular formula is C32H26FN5O3. The molecule has 1 aliphatic rings. The SMILES string of the molecule is COc1ccc(CN2C(=O)C(N(C)c3nnc(-c4ccc(F)cc4)o3)N=C(c3ccccc3)c3ccccc32)cc1. The molecule has 1 aliphatic heterocycles. The molecule has 1 atom stereocenters. The molecule has 0 spiro atoms. The standard InChI is InChI=1S/C32H26FN5O3/c1-37(32-36-35-30(41-32)23-14-16-24(33)17-15-23)29-31(39)38(20-21-12-18-25(40-2)19-13-21)27-11-7-6-10-26(27)28(34-29)22-8-4-3-5-9-22/h3-19,29H,20H2,1-2H3. The third-order valence-corrected chi connectivity index (χ3v) is 6.91. The molecule has 0 fully saturated rings. The first kappa shape index (κ1) is 25.9. The third kappa shape index (κ3) is 5.17. The quantitative estimate of drug-likeness (QED) is 0.259. The number of halogens is 1. The van der Waals surface area contributed by atoms with Gasteiger partial charge in [0.1, 0.15) is 11.6 Å². The topological polar surface area (TPSA) is 84.1 Å². The Balaban J connectivity index is 1.44. The maximum absolute atomic E-state index is 14.4. The zero-order valence-corrected chi connectivity index (χ0v) is 22.4. The van der Waals surface area contributed by atoms with E-state index in [1.165, 1.54) is 12.1 Å². The highest BCUT2D eigenvalue weighted by Gasteiger charge is 2.36. The van der Waals surface area contributed by atoms with E-state index in [0.717, 1.165) is 28.1 Å². The van der Waals surface area contributed by atoms with Crippen LogP contribution in [0.5, 0.6) is 5.75 Å². The average Bonchev–Trinajstić information content (AvgIpc) is 3.47. The van der Waals surface area contributed by atoms with Gasteiger partial charge in [0.2, 0.25) is 12.1 Å². The highest BCUT2D eigenvalue weighted by atomic mass is 19.1. The van der Waals surface area contributed by atoms with Crippen molar-refractivity contribution in [3.05, 3.63) is 126 Å². The van der Waals surface area contributed by atoms with Gasteiger partial charge in [0.25, 0.3) is 5.91 Å². The van der Waals surface area contributed by atoms with Crippen molar-refractivity contribution >= 4 is 23.3 Å². The maximum atomic E-state index is 14.4. The number of nitrogens with zero attached hydrogens (tertiary/aromatic N) is 5. The number of fused-ring (bicyclic) bond motifs is 1. The molecule has 0 radical (unpaired) electrons. The summed E-state index contributed by atoms with van der Waals surface area (Å²) in [6.45, 7) is 0.312. The molecule has 4 aromatic carbocycles. The molecule has 0 saturated carbocycles. The minimum absolute atomic E-state index is 0.106. The summed E-state index contributed by atoms with van der Waals surface area (Å²) in [7, 11) is 3.31. The predicted molar refractivity (Wildman–Crippen MR) is 155 cm³/mol. The summed E-state index contributed by atoms with van der Waals surface area (Å²) in [5.74, 6) is 0.313. The maximum Gasteiger partial charge on any atom is 0.320 e. The molecule has 41 heavy (non-hydrogen) atoms. The fourth-order valence-electron chi connectivity index (χ4n) is 4.74. The number of para-hydroxylation sites is 1. The summed E-state index contributed by atoms with van der Waals surface area (Å²) in [4.78, 5) is 22.7. The molecule has 2 heterocycles. The second-order valence-corrected chi connectivity index (χ2v) is 9.51. The Morgan fingerprint density at radius 3 is 2.32 bits per heavy atom. The number of aromatic nitrogens is 2. The van der Waals surface area contributed by atoms with Gasteiger partial charge < -0.3 is 14.1 Å². The van der Waals surface area contributed by atoms with Gasteiger partial charge in [-0.25, -0.2) is 9.38 Å². The zero-order valence-electron chi connectivity index (χ0n) is 22.4. The van der Waals surface area contributed by atoms with Crippen LogP contribution in [0.3, 0.4) is 0 Å². The number of aliphatic imine (C=N–C) groups is 1. The number of anilines is 2. The summed E-state index contributed by atoms with van der Waals surface area (Å²) in [6, 6.07) is 31.0. The van der Waals surface area contributed by atoms with Crippen LogP contribution in [0.25, 0.3) is 11.5 Å². The predicted octanol–water partition coefficient (Wildman–Crippen LogP) is 5.73. The van der Waals surface area contributed by atoms with Crippen LogP contribution < -0.4 is 14.5 Å². The van der Waals surface area contributed by atoms with Crippen LogP contribution in [0.2, 0.25) is 0 Å². The van der Waals surface area contributed by atoms with E-state index in [1.807, 2.05) is 78.9 Å². The molecule has 9 heteroatoms. The Labute approximate surface area is 236 Å². The van der Waals surface area contributed by atoms with Crippen LogP contribution in [0.15, 0.2) is 113 Å². The second kappa shape index (κ2) is 11.1. The number of carbonyl (C=O) groups excluding carboxylic acids is 1. The number of benzene rings is 4. The molecule has 1 unspecified atom stereocenters. The van der Waals surface area contributed by atoms with Gasteiger partial charge in [-0.1, -0.05) is 65.8 Å². The van der Waals surface area contributed by atoms with E-state index in [4.69, 9.17) is 14.1 Å². The van der Waals surface area contributed by atoms with Crippen LogP contribution in [0, 0.1) is 5.82 Å². The lowest BCUT2D eigenvalue weighted by Gasteiger charge is -2.28. The highest BCUT2D eigenvalue weighted by molar-refractivity contribution is 6.20. The Morgan fingerprint density at radius 2 is 1.59 bits per heavy atom. The Hall–Kier alpha value is -5.31. The zero-order chi connectivity index (χ0) is 28.3. The number of ether oxygens (including phenoxy) is 1. The molecule has 5 aromatic rings. The van der Waals surface area contributed by atoms with Gasteiger partial charge in [-0.15, -0.1) is 5.10 Å². The van der Waals surface area contributed by atoms with Gasteiger partial charge >= 0.3 is 6.01 Å². The van der Waals surface area contributed by atoms with Crippen molar-refractivity contribution in [2.75, 3.05) is 24.0 Å². The summed E-state index contributed by atoms with van der Waals surface area (Å²) in [5, 5.41) is 8.33. The molecular weight excluding hydrogens is 521 g/mol. The monoisotopic (exact) mass is 547 g/mol. The molecule has 0 bridgehead atoms. The molecule has 6 rings (SSSR count). The first-order valence-electron chi connectivity index (χ1n) is 13.0. The van der Waals surface area contributed by atoms with Crippen molar-refractivity contribution in [3.63, 3.8) is 0 Å². The molecule has 8 nitrogen and oxygen atoms in total. The fourth-order valence-corrected chi connectivity index (χ4v) is 4.74. The molecule has 204 valence electrons. The van der Waals surface area contributed by atoms with Gasteiger partial charge in [0, 0.05) is 23.7 Å². The van der Waals surface area contributed by atoms with Gasteiger partial charge in [0.05, 0.1) is 25.1 Å². The smallest absolute Gasteiger partial charge is 0.320 e. The van der Waals surface area contributed by atoms with E-state index in [2.05, 4.69) is 10.2 Å². The van der Waals surface area contributed by atoms with E-state index < -0.39 is 6.17 Å². The van der Waals surface area contributed by atoms with Crippen molar-refractivity contribution in [1.82, 2.24) is 10.2 Å². The van der Waals surface area contributed by atoms with Crippen LogP contribution in [-0.4, -0.2) is 42.1 Å². The summed E-state index contributed by atoms with van der Waals surface area (Å²) in [6.07, 6.45) is -1.02. The van der Waals surface area contributed by atoms with Crippen molar-refractivity contribution in [3.8, 4) is 17.2 Å². The molecule has 1 amide bonds. The van der Waals surface area contributed by atoms with E-state index >= 15 is 0 Å². The van der Waals surface area contributed by atoms with E-state index in [9.17, 15) is 9.18 Å². The van der Waals surface area contributed by atoms with Gasteiger partial charge in [-0.05, 0) is 48.0 Å². The van der Waals surface area contributed by atoms with Crippen LogP contribution in [0.1, 0.15) is 16.7 Å². The fraction of sp³-hybridized carbons (Fsp3) is 0.125. The number of benzodiazepines with no additional fused rings is 1. The molecule has 0 N–H and O–H groups in total. The lowest BCUT2D eigenvalue weighted by molar-refractivity contribution is -0.119. The first-order valence-corrected chi connectivity index (χ1v) is 13.0. The third-order valence-electron chi connectivity index (χ3n) is 6.91. The molecule has 0 saturated heterocycles. The number of hydrogen-bond donors (Lipinski definition) is 0. The Morgan fingerprint density at radius 1 is 0.878 bits per heavy atom. The van der Waals surface area contributed by atoms with Crippen molar-refractivity contribution in [1.29, 1.82) is 0 Å². The number of likely N-dealkylation sites (N-methyl/N-ethyl adjacent to an activating group) is 1. The summed E-state index contributed by atoms with van der Waals surface area (Å²) >= 11 is 0. The minimum Gasteiger partial charge on any atom is -0.497 e. The van der Waals surface area contributed by atoms with Gasteiger partial charge in [0.15, 0.2) is 0 Å². The van der Waals surface area contributed by atoms with Crippen molar-refractivity contribution in [2.24, 2.45) is 4.99 Å². The molecule has 0 aliphatic carbocycles. The lowest BCUT2D eigenvalue weighted by Crippen LogP contribution is -2.46. The van der Waals surface area contributed by atoms with Crippen LogP contribution in [-0.2, 0) is 11.3 Å². The number of amides is 1. The van der Waals surface area contributed by atoms with Crippen LogP contribution >= 0.6 is 0 Å². The number of methoxy groups -OCH3 is 1. The summed E-state index contributed by atoms with van der Waals surface area (Å²) in [5.41, 5.74) is 4.60. The normalized spacial score (nSPS) is 14.7. The van der Waals surface area contributed by atoms with Crippen LogP contribution in [0.4, 0.5) is 16.1 Å². The second-order valence-electron chi connectivity index (χ2n) is 9.51. The molecule has 1 aromatic heterocycles.